The summed E-state index contributed by atoms with van der Waals surface area (Å²) in [6.45, 7) is 12.5. The number of allylic oxidation sites excluding steroid dienone is 1. The van der Waals surface area contributed by atoms with Gasteiger partial charge in [0, 0.05) is 6.42 Å². The molecule has 0 amide bonds. The lowest BCUT2D eigenvalue weighted by Gasteiger charge is -2.44. The van der Waals surface area contributed by atoms with Crippen molar-refractivity contribution in [1.82, 2.24) is 0 Å². The van der Waals surface area contributed by atoms with Crippen molar-refractivity contribution < 1.29 is 15.0 Å². The predicted octanol–water partition coefficient (Wildman–Crippen LogP) is 4.78. The number of carboxylic acids is 1. The van der Waals surface area contributed by atoms with Crippen molar-refractivity contribution in [3.63, 3.8) is 0 Å². The van der Waals surface area contributed by atoms with E-state index in [0.29, 0.717) is 12.2 Å². The molecular weight excluding hydrogens is 288 g/mol. The highest BCUT2D eigenvalue weighted by molar-refractivity contribution is 5.67. The molecule has 0 saturated carbocycles. The van der Waals surface area contributed by atoms with Crippen LogP contribution in [0.4, 0.5) is 0 Å². The molecule has 0 heterocycles. The van der Waals surface area contributed by atoms with Gasteiger partial charge >= 0.3 is 5.97 Å². The summed E-state index contributed by atoms with van der Waals surface area (Å²) in [6.07, 6.45) is 2.62. The van der Waals surface area contributed by atoms with E-state index in [0.717, 1.165) is 24.0 Å². The molecule has 0 aromatic heterocycles. The van der Waals surface area contributed by atoms with Gasteiger partial charge in [-0.2, -0.15) is 0 Å². The van der Waals surface area contributed by atoms with Crippen molar-refractivity contribution in [3.05, 3.63) is 41.0 Å². The second-order valence-electron chi connectivity index (χ2n) is 7.43. The normalized spacial score (nSPS) is 23.6. The van der Waals surface area contributed by atoms with Gasteiger partial charge in [-0.05, 0) is 66.2 Å². The fourth-order valence-electron chi connectivity index (χ4n) is 4.36. The average Bonchev–Trinajstić information content (AvgIpc) is 2.44. The SMILES string of the molecule is C=C(C)[C@@H]1CCc2c(ccc(O)c2C(C)C)[C@@]1(C)CCC(=O)O. The Kier molecular flexibility index (Phi) is 4.88. The minimum Gasteiger partial charge on any atom is -0.508 e. The fraction of sp³-hybridized carbons (Fsp3) is 0.550. The van der Waals surface area contributed by atoms with E-state index >= 15 is 0 Å². The molecule has 2 atom stereocenters. The number of aromatic hydroxyl groups is 1. The van der Waals surface area contributed by atoms with Crippen LogP contribution < -0.4 is 0 Å². The zero-order chi connectivity index (χ0) is 17.4. The Bertz CT molecular complexity index is 630. The highest BCUT2D eigenvalue weighted by Crippen LogP contribution is 2.50. The smallest absolute Gasteiger partial charge is 0.303 e. The summed E-state index contributed by atoms with van der Waals surface area (Å²) in [6, 6.07) is 3.77. The van der Waals surface area contributed by atoms with Crippen LogP contribution in [0.3, 0.4) is 0 Å². The third-order valence-electron chi connectivity index (χ3n) is 5.43. The number of hydrogen-bond acceptors (Lipinski definition) is 2. The van der Waals surface area contributed by atoms with Gasteiger partial charge in [0.05, 0.1) is 0 Å². The van der Waals surface area contributed by atoms with E-state index < -0.39 is 5.97 Å². The van der Waals surface area contributed by atoms with Crippen LogP contribution in [-0.4, -0.2) is 16.2 Å². The summed E-state index contributed by atoms with van der Waals surface area (Å²) in [5.74, 6) is 0.115. The van der Waals surface area contributed by atoms with Crippen molar-refractivity contribution in [3.8, 4) is 5.75 Å². The number of benzene rings is 1. The molecule has 1 aromatic rings. The topological polar surface area (TPSA) is 57.5 Å². The Labute approximate surface area is 139 Å². The molecule has 1 aliphatic rings. The van der Waals surface area contributed by atoms with Crippen LogP contribution in [0.2, 0.25) is 0 Å². The van der Waals surface area contributed by atoms with E-state index in [1.54, 1.807) is 6.07 Å². The standard InChI is InChI=1S/C20H28O3/c1-12(2)15-7-6-14-16(20(15,5)11-10-18(22)23)8-9-17(21)19(14)13(3)4/h8-9,13,15,21H,1,6-7,10-11H2,2-5H3,(H,22,23)/t15-,20-/m0/s1. The lowest BCUT2D eigenvalue weighted by atomic mass is 9.59. The molecule has 0 spiro atoms. The minimum atomic E-state index is -0.762. The summed E-state index contributed by atoms with van der Waals surface area (Å²) in [5.41, 5.74) is 4.30. The van der Waals surface area contributed by atoms with Gasteiger partial charge in [0.2, 0.25) is 0 Å². The number of carboxylic acid groups (broad SMARTS) is 1. The highest BCUT2D eigenvalue weighted by atomic mass is 16.4. The zero-order valence-electron chi connectivity index (χ0n) is 14.6. The van der Waals surface area contributed by atoms with Crippen LogP contribution in [0.1, 0.15) is 69.6 Å². The first-order valence-corrected chi connectivity index (χ1v) is 8.41. The van der Waals surface area contributed by atoms with E-state index in [9.17, 15) is 9.90 Å². The number of fused-ring (bicyclic) bond motifs is 1. The van der Waals surface area contributed by atoms with Crippen molar-refractivity contribution in [1.29, 1.82) is 0 Å². The van der Waals surface area contributed by atoms with E-state index in [-0.39, 0.29) is 23.7 Å². The lowest BCUT2D eigenvalue weighted by molar-refractivity contribution is -0.137. The number of phenols is 1. The van der Waals surface area contributed by atoms with E-state index in [1.807, 2.05) is 13.0 Å². The van der Waals surface area contributed by atoms with Crippen molar-refractivity contribution in [2.45, 2.75) is 64.7 Å². The quantitative estimate of drug-likeness (QED) is 0.769. The second kappa shape index (κ2) is 6.38. The summed E-state index contributed by atoms with van der Waals surface area (Å²) >= 11 is 0. The van der Waals surface area contributed by atoms with Crippen molar-refractivity contribution in [2.75, 3.05) is 0 Å². The maximum absolute atomic E-state index is 11.1. The van der Waals surface area contributed by atoms with Crippen LogP contribution in [0, 0.1) is 5.92 Å². The Morgan fingerprint density at radius 3 is 2.61 bits per heavy atom. The number of rotatable bonds is 5. The molecule has 0 aliphatic heterocycles. The molecule has 1 aliphatic carbocycles. The molecule has 0 bridgehead atoms. The number of phenolic OH excluding ortho intramolecular Hbond substituents is 1. The zero-order valence-corrected chi connectivity index (χ0v) is 14.6. The van der Waals surface area contributed by atoms with E-state index in [4.69, 9.17) is 5.11 Å². The molecule has 0 fully saturated rings. The van der Waals surface area contributed by atoms with Crippen LogP contribution >= 0.6 is 0 Å². The highest BCUT2D eigenvalue weighted by Gasteiger charge is 2.42. The van der Waals surface area contributed by atoms with Gasteiger partial charge in [0.1, 0.15) is 5.75 Å². The summed E-state index contributed by atoms with van der Waals surface area (Å²) < 4.78 is 0. The third kappa shape index (κ3) is 3.15. The monoisotopic (exact) mass is 316 g/mol. The van der Waals surface area contributed by atoms with Crippen molar-refractivity contribution >= 4 is 5.97 Å². The lowest BCUT2D eigenvalue weighted by Crippen LogP contribution is -2.38. The number of aliphatic carboxylic acids is 1. The molecule has 3 heteroatoms. The Morgan fingerprint density at radius 1 is 1.43 bits per heavy atom. The molecule has 0 saturated heterocycles. The average molecular weight is 316 g/mol. The fourth-order valence-corrected chi connectivity index (χ4v) is 4.36. The van der Waals surface area contributed by atoms with Crippen LogP contribution in [-0.2, 0) is 16.6 Å². The molecule has 23 heavy (non-hydrogen) atoms. The maximum atomic E-state index is 11.1. The number of hydrogen-bond donors (Lipinski definition) is 2. The molecule has 0 unspecified atom stereocenters. The van der Waals surface area contributed by atoms with Gasteiger partial charge in [0.25, 0.3) is 0 Å². The molecule has 126 valence electrons. The van der Waals surface area contributed by atoms with Gasteiger partial charge < -0.3 is 10.2 Å². The van der Waals surface area contributed by atoms with Gasteiger partial charge in [-0.25, -0.2) is 0 Å². The Hall–Kier alpha value is -1.77. The third-order valence-corrected chi connectivity index (χ3v) is 5.43. The molecular formula is C20H28O3. The van der Waals surface area contributed by atoms with Gasteiger partial charge in [-0.3, -0.25) is 4.79 Å². The van der Waals surface area contributed by atoms with Crippen molar-refractivity contribution in [2.24, 2.45) is 5.92 Å². The maximum Gasteiger partial charge on any atom is 0.303 e. The van der Waals surface area contributed by atoms with Crippen LogP contribution in [0.5, 0.6) is 5.75 Å². The van der Waals surface area contributed by atoms with E-state index in [1.165, 1.54) is 11.1 Å². The first kappa shape index (κ1) is 17.6. The second-order valence-corrected chi connectivity index (χ2v) is 7.43. The molecule has 1 aromatic carbocycles. The largest absolute Gasteiger partial charge is 0.508 e. The molecule has 3 nitrogen and oxygen atoms in total. The van der Waals surface area contributed by atoms with Crippen LogP contribution in [0.25, 0.3) is 0 Å². The van der Waals surface area contributed by atoms with E-state index in [2.05, 4.69) is 27.4 Å². The van der Waals surface area contributed by atoms with Gasteiger partial charge in [0.15, 0.2) is 0 Å². The predicted molar refractivity (Wildman–Crippen MR) is 93.0 cm³/mol. The van der Waals surface area contributed by atoms with Gasteiger partial charge in [-0.1, -0.05) is 39.0 Å². The minimum absolute atomic E-state index is 0.150. The summed E-state index contributed by atoms with van der Waals surface area (Å²) in [7, 11) is 0. The first-order chi connectivity index (χ1) is 10.7. The molecule has 2 rings (SSSR count). The Balaban J connectivity index is 2.60. The summed E-state index contributed by atoms with van der Waals surface area (Å²) in [4.78, 5) is 11.1. The van der Waals surface area contributed by atoms with Crippen LogP contribution in [0.15, 0.2) is 24.3 Å². The van der Waals surface area contributed by atoms with Gasteiger partial charge in [-0.15, -0.1) is 0 Å². The molecule has 0 radical (unpaired) electrons. The summed E-state index contributed by atoms with van der Waals surface area (Å²) in [5, 5.41) is 19.4. The number of carbonyl (C=O) groups is 1. The molecule has 2 N–H and O–H groups in total. The Morgan fingerprint density at radius 2 is 2.09 bits per heavy atom. The first-order valence-electron chi connectivity index (χ1n) is 8.41.